The smallest absolute Gasteiger partial charge is 0.195 e. The van der Waals surface area contributed by atoms with E-state index in [0.717, 1.165) is 35.1 Å². The van der Waals surface area contributed by atoms with Gasteiger partial charge in [-0.1, -0.05) is 48.5 Å². The predicted octanol–water partition coefficient (Wildman–Crippen LogP) is 1.55. The Kier molecular flexibility index (Phi) is 7.49. The van der Waals surface area contributed by atoms with Gasteiger partial charge in [0.2, 0.25) is 0 Å². The fourth-order valence-corrected chi connectivity index (χ4v) is 3.52. The van der Waals surface area contributed by atoms with Crippen LogP contribution in [0.2, 0.25) is 0 Å². The van der Waals surface area contributed by atoms with Gasteiger partial charge in [-0.25, -0.2) is 0 Å². The molecule has 0 heterocycles. The molecule has 0 aromatic heterocycles. The summed E-state index contributed by atoms with van der Waals surface area (Å²) in [6.45, 7) is 4.07. The molecule has 152 valence electrons. The quantitative estimate of drug-likeness (QED) is 0.497. The predicted molar refractivity (Wildman–Crippen MR) is 112 cm³/mol. The van der Waals surface area contributed by atoms with Crippen molar-refractivity contribution in [1.82, 2.24) is 0 Å². The average Bonchev–Trinajstić information content (AvgIpc) is 2.64. The first kappa shape index (κ1) is 22.2. The largest absolute Gasteiger partial charge is 0.382 e. The van der Waals surface area contributed by atoms with Gasteiger partial charge < -0.3 is 21.7 Å². The summed E-state index contributed by atoms with van der Waals surface area (Å²) >= 11 is 0. The Labute approximate surface area is 167 Å². The topological polar surface area (TPSA) is 110 Å². The van der Waals surface area contributed by atoms with E-state index in [-0.39, 0.29) is 12.8 Å². The maximum absolute atomic E-state index is 12.9. The number of benzene rings is 2. The van der Waals surface area contributed by atoms with E-state index in [9.17, 15) is 15.0 Å². The monoisotopic (exact) mass is 384 g/mol. The minimum Gasteiger partial charge on any atom is -0.382 e. The maximum Gasteiger partial charge on any atom is 0.195 e. The van der Waals surface area contributed by atoms with Crippen LogP contribution in [0.1, 0.15) is 36.1 Å². The molecule has 0 aliphatic rings. The Balaban J connectivity index is 2.07. The van der Waals surface area contributed by atoms with Crippen molar-refractivity contribution < 1.29 is 15.0 Å². The van der Waals surface area contributed by atoms with Crippen LogP contribution in [0.4, 0.5) is 0 Å². The molecule has 5 nitrogen and oxygen atoms in total. The molecule has 0 saturated heterocycles. The van der Waals surface area contributed by atoms with Crippen LogP contribution >= 0.6 is 0 Å². The number of hydrogen-bond donors (Lipinski definition) is 4. The van der Waals surface area contributed by atoms with Crippen LogP contribution in [-0.2, 0) is 30.5 Å². The van der Waals surface area contributed by atoms with Crippen molar-refractivity contribution in [3.8, 4) is 0 Å². The normalized spacial score (nSPS) is 15.6. The SMILES string of the molecule is CC(O)(Cc1ccc(CCN)cc1)C(=O)C(C)(O)Cc1ccc(CCN)cc1. The Morgan fingerprint density at radius 3 is 1.29 bits per heavy atom. The number of rotatable bonds is 10. The van der Waals surface area contributed by atoms with Gasteiger partial charge >= 0.3 is 0 Å². The van der Waals surface area contributed by atoms with Gasteiger partial charge in [0.25, 0.3) is 0 Å². The van der Waals surface area contributed by atoms with Crippen LogP contribution in [0.25, 0.3) is 0 Å². The molecule has 2 atom stereocenters. The van der Waals surface area contributed by atoms with Crippen molar-refractivity contribution in [1.29, 1.82) is 0 Å². The van der Waals surface area contributed by atoms with Crippen molar-refractivity contribution in [2.75, 3.05) is 13.1 Å². The first-order valence-corrected chi connectivity index (χ1v) is 9.73. The number of carbonyl (C=O) groups excluding carboxylic acids is 1. The van der Waals surface area contributed by atoms with E-state index in [1.165, 1.54) is 13.8 Å². The summed E-state index contributed by atoms with van der Waals surface area (Å²) in [6, 6.07) is 15.3. The third kappa shape index (κ3) is 5.97. The zero-order valence-corrected chi connectivity index (χ0v) is 16.8. The third-order valence-corrected chi connectivity index (χ3v) is 4.99. The molecular weight excluding hydrogens is 352 g/mol. The lowest BCUT2D eigenvalue weighted by Crippen LogP contribution is -2.52. The molecule has 0 aliphatic heterocycles. The molecular formula is C23H32N2O3. The molecule has 0 radical (unpaired) electrons. The number of nitrogens with two attached hydrogens (primary N) is 2. The Bertz CT molecular complexity index is 700. The minimum atomic E-state index is -1.67. The number of aliphatic hydroxyl groups is 2. The summed E-state index contributed by atoms with van der Waals surface area (Å²) in [5, 5.41) is 21.6. The number of carbonyl (C=O) groups is 1. The second kappa shape index (κ2) is 9.43. The van der Waals surface area contributed by atoms with Crippen LogP contribution in [-0.4, -0.2) is 40.3 Å². The standard InChI is InChI=1S/C23H32N2O3/c1-22(27,15-19-7-3-17(4-8-19)11-13-24)21(26)23(2,28)16-20-9-5-18(6-10-20)12-14-25/h3-10,27-28H,11-16,24-25H2,1-2H3. The lowest BCUT2D eigenvalue weighted by atomic mass is 9.80. The van der Waals surface area contributed by atoms with Gasteiger partial charge in [0.1, 0.15) is 11.2 Å². The van der Waals surface area contributed by atoms with Crippen LogP contribution in [0.15, 0.2) is 48.5 Å². The molecule has 2 aromatic carbocycles. The molecule has 0 aliphatic carbocycles. The van der Waals surface area contributed by atoms with Crippen LogP contribution in [0.5, 0.6) is 0 Å². The van der Waals surface area contributed by atoms with Crippen LogP contribution in [0, 0.1) is 0 Å². The van der Waals surface area contributed by atoms with Gasteiger partial charge in [0.15, 0.2) is 5.78 Å². The zero-order chi connectivity index (χ0) is 20.8. The minimum absolute atomic E-state index is 0.139. The van der Waals surface area contributed by atoms with E-state index in [2.05, 4.69) is 0 Å². The van der Waals surface area contributed by atoms with E-state index in [1.807, 2.05) is 48.5 Å². The van der Waals surface area contributed by atoms with E-state index in [0.29, 0.717) is 13.1 Å². The van der Waals surface area contributed by atoms with E-state index in [1.54, 1.807) is 0 Å². The van der Waals surface area contributed by atoms with Gasteiger partial charge in [-0.2, -0.15) is 0 Å². The lowest BCUT2D eigenvalue weighted by molar-refractivity contribution is -0.153. The van der Waals surface area contributed by atoms with Crippen molar-refractivity contribution >= 4 is 5.78 Å². The first-order chi connectivity index (χ1) is 13.2. The maximum atomic E-state index is 12.9. The average molecular weight is 385 g/mol. The van der Waals surface area contributed by atoms with E-state index in [4.69, 9.17) is 11.5 Å². The van der Waals surface area contributed by atoms with E-state index < -0.39 is 17.0 Å². The van der Waals surface area contributed by atoms with Crippen LogP contribution < -0.4 is 11.5 Å². The van der Waals surface area contributed by atoms with Crippen molar-refractivity contribution in [3.63, 3.8) is 0 Å². The molecule has 2 rings (SSSR count). The molecule has 28 heavy (non-hydrogen) atoms. The molecule has 6 N–H and O–H groups in total. The third-order valence-electron chi connectivity index (χ3n) is 4.99. The Morgan fingerprint density at radius 1 is 0.714 bits per heavy atom. The highest BCUT2D eigenvalue weighted by atomic mass is 16.3. The summed E-state index contributed by atoms with van der Waals surface area (Å²) in [7, 11) is 0. The fourth-order valence-electron chi connectivity index (χ4n) is 3.52. The Morgan fingerprint density at radius 2 is 1.00 bits per heavy atom. The molecule has 0 saturated carbocycles. The molecule has 0 spiro atoms. The van der Waals surface area contributed by atoms with Crippen molar-refractivity contribution in [2.45, 2.75) is 50.7 Å². The van der Waals surface area contributed by atoms with Gasteiger partial charge in [-0.15, -0.1) is 0 Å². The highest BCUT2D eigenvalue weighted by molar-refractivity contribution is 5.94. The van der Waals surface area contributed by atoms with Gasteiger partial charge in [0.05, 0.1) is 0 Å². The Hall–Kier alpha value is -2.05. The van der Waals surface area contributed by atoms with Gasteiger partial charge in [-0.05, 0) is 62.0 Å². The summed E-state index contributed by atoms with van der Waals surface area (Å²) in [4.78, 5) is 12.9. The van der Waals surface area contributed by atoms with Gasteiger partial charge in [-0.3, -0.25) is 4.79 Å². The molecule has 5 heteroatoms. The second-order valence-corrected chi connectivity index (χ2v) is 7.94. The van der Waals surface area contributed by atoms with E-state index >= 15 is 0 Å². The molecule has 0 fully saturated rings. The van der Waals surface area contributed by atoms with Crippen LogP contribution in [0.3, 0.4) is 0 Å². The second-order valence-electron chi connectivity index (χ2n) is 7.94. The van der Waals surface area contributed by atoms with Gasteiger partial charge in [0, 0.05) is 12.8 Å². The summed E-state index contributed by atoms with van der Waals surface area (Å²) in [5.41, 5.74) is 11.7. The number of ketones is 1. The summed E-state index contributed by atoms with van der Waals surface area (Å²) < 4.78 is 0. The fraction of sp³-hybridized carbons (Fsp3) is 0.435. The summed E-state index contributed by atoms with van der Waals surface area (Å²) in [6.07, 6.45) is 1.85. The highest BCUT2D eigenvalue weighted by Crippen LogP contribution is 2.24. The van der Waals surface area contributed by atoms with Crippen molar-refractivity contribution in [3.05, 3.63) is 70.8 Å². The number of Topliss-reactive ketones (excluding diaryl/α,β-unsaturated/α-hetero) is 1. The molecule has 2 aromatic rings. The summed E-state index contributed by atoms with van der Waals surface area (Å²) in [5.74, 6) is -0.586. The molecule has 0 bridgehead atoms. The first-order valence-electron chi connectivity index (χ1n) is 9.73. The number of hydrogen-bond acceptors (Lipinski definition) is 5. The van der Waals surface area contributed by atoms with Crippen molar-refractivity contribution in [2.24, 2.45) is 11.5 Å². The highest BCUT2D eigenvalue weighted by Gasteiger charge is 2.42. The molecule has 0 amide bonds. The zero-order valence-electron chi connectivity index (χ0n) is 16.8. The molecule has 2 unspecified atom stereocenters. The lowest BCUT2D eigenvalue weighted by Gasteiger charge is -2.31.